The van der Waals surface area contributed by atoms with Crippen molar-refractivity contribution in [2.75, 3.05) is 0 Å². The summed E-state index contributed by atoms with van der Waals surface area (Å²) in [6.45, 7) is 1.06. The van der Waals surface area contributed by atoms with E-state index >= 15 is 0 Å². The van der Waals surface area contributed by atoms with Gasteiger partial charge in [0.05, 0.1) is 21.6 Å². The predicted octanol–water partition coefficient (Wildman–Crippen LogP) is 0.600. The van der Waals surface area contributed by atoms with Gasteiger partial charge in [-0.1, -0.05) is 12.1 Å². The second kappa shape index (κ2) is 19.2. The standard InChI is InChI=1S/2C6H8N2.Cu.2NO3/c2*7-5-6-3-1-2-4-8-6;;2*2-1(3)4/h2*1-4H,5,7H2;;;/q;;+2;2*-1. The molecule has 25 heavy (non-hydrogen) atoms. The van der Waals surface area contributed by atoms with E-state index in [0.29, 0.717) is 13.1 Å². The molecule has 0 unspecified atom stereocenters. The number of hydrogen-bond acceptors (Lipinski definition) is 10. The molecular formula is C12H16CuN6O6. The van der Waals surface area contributed by atoms with Crippen LogP contribution >= 0.6 is 0 Å². The molecule has 0 saturated heterocycles. The molecule has 0 bridgehead atoms. The van der Waals surface area contributed by atoms with Crippen LogP contribution in [-0.4, -0.2) is 20.1 Å². The Morgan fingerprint density at radius 2 is 1.04 bits per heavy atom. The second-order valence-corrected chi connectivity index (χ2v) is 3.50. The molecule has 0 amide bonds. The minimum Gasteiger partial charge on any atom is -0.356 e. The van der Waals surface area contributed by atoms with Crippen LogP contribution in [0.2, 0.25) is 0 Å². The molecule has 0 aliphatic heterocycles. The molecule has 0 spiro atoms. The third-order valence-electron chi connectivity index (χ3n) is 1.87. The number of rotatable bonds is 2. The zero-order valence-electron chi connectivity index (χ0n) is 12.7. The van der Waals surface area contributed by atoms with E-state index in [9.17, 15) is 0 Å². The summed E-state index contributed by atoms with van der Waals surface area (Å²) in [5, 5.41) is 29.5. The Balaban J connectivity index is -0.000000270. The van der Waals surface area contributed by atoms with Crippen molar-refractivity contribution in [3.8, 4) is 0 Å². The van der Waals surface area contributed by atoms with E-state index in [-0.39, 0.29) is 17.1 Å². The second-order valence-electron chi connectivity index (χ2n) is 3.50. The van der Waals surface area contributed by atoms with E-state index in [2.05, 4.69) is 9.97 Å². The largest absolute Gasteiger partial charge is 2.00 e. The molecule has 0 saturated carbocycles. The third-order valence-corrected chi connectivity index (χ3v) is 1.87. The van der Waals surface area contributed by atoms with Crippen LogP contribution in [0.4, 0.5) is 0 Å². The molecule has 0 aromatic carbocycles. The summed E-state index contributed by atoms with van der Waals surface area (Å²) < 4.78 is 0. The van der Waals surface area contributed by atoms with E-state index in [4.69, 9.17) is 42.1 Å². The summed E-state index contributed by atoms with van der Waals surface area (Å²) in [5.41, 5.74) is 12.4. The minimum atomic E-state index is -1.75. The van der Waals surface area contributed by atoms with Crippen molar-refractivity contribution >= 4 is 0 Å². The van der Waals surface area contributed by atoms with Gasteiger partial charge in [-0.15, -0.1) is 0 Å². The smallest absolute Gasteiger partial charge is 0.356 e. The Bertz CT molecular complexity index is 503. The van der Waals surface area contributed by atoms with E-state index in [1.54, 1.807) is 12.4 Å². The first kappa shape index (κ1) is 27.0. The van der Waals surface area contributed by atoms with Crippen LogP contribution in [-0.2, 0) is 30.2 Å². The van der Waals surface area contributed by atoms with Crippen molar-refractivity contribution in [2.24, 2.45) is 11.5 Å². The van der Waals surface area contributed by atoms with Crippen molar-refractivity contribution < 1.29 is 27.2 Å². The number of nitrogens with two attached hydrogens (primary N) is 2. The van der Waals surface area contributed by atoms with Gasteiger partial charge in [-0.25, -0.2) is 0 Å². The van der Waals surface area contributed by atoms with Crippen LogP contribution in [0.1, 0.15) is 11.4 Å². The SMILES string of the molecule is NCc1ccccn1.NCc1ccccn1.O=[N+]([O-])[O-].O=[N+]([O-])[O-].[Cu+2]. The van der Waals surface area contributed by atoms with E-state index in [1.165, 1.54) is 0 Å². The minimum absolute atomic E-state index is 0. The summed E-state index contributed by atoms with van der Waals surface area (Å²) in [6, 6.07) is 11.4. The quantitative estimate of drug-likeness (QED) is 0.404. The molecule has 1 radical (unpaired) electrons. The average molecular weight is 404 g/mol. The zero-order valence-corrected chi connectivity index (χ0v) is 13.7. The number of hydrogen-bond donors (Lipinski definition) is 2. The number of aromatic nitrogens is 2. The van der Waals surface area contributed by atoms with E-state index < -0.39 is 10.2 Å². The average Bonchev–Trinajstić information content (AvgIpc) is 2.56. The number of pyridine rings is 2. The van der Waals surface area contributed by atoms with Crippen molar-refractivity contribution in [1.82, 2.24) is 9.97 Å². The monoisotopic (exact) mass is 403 g/mol. The fourth-order valence-electron chi connectivity index (χ4n) is 1.04. The van der Waals surface area contributed by atoms with Crippen LogP contribution in [0.15, 0.2) is 48.8 Å². The molecule has 13 heteroatoms. The van der Waals surface area contributed by atoms with Gasteiger partial charge >= 0.3 is 17.1 Å². The maximum absolute atomic E-state index is 8.25. The molecule has 0 atom stereocenters. The fraction of sp³-hybridized carbons (Fsp3) is 0.167. The van der Waals surface area contributed by atoms with Gasteiger partial charge in [-0.3, -0.25) is 9.97 Å². The van der Waals surface area contributed by atoms with Crippen molar-refractivity contribution in [1.29, 1.82) is 0 Å². The molecule has 4 N–H and O–H groups in total. The molecule has 2 aromatic rings. The van der Waals surface area contributed by atoms with E-state index in [0.717, 1.165) is 11.4 Å². The van der Waals surface area contributed by atoms with Crippen molar-refractivity contribution in [3.05, 3.63) is 90.8 Å². The zero-order chi connectivity index (χ0) is 18.8. The molecule has 2 heterocycles. The van der Waals surface area contributed by atoms with Crippen molar-refractivity contribution in [3.63, 3.8) is 0 Å². The Hall–Kier alpha value is -2.86. The molecule has 12 nitrogen and oxygen atoms in total. The molecule has 141 valence electrons. The van der Waals surface area contributed by atoms with Gasteiger partial charge in [0.2, 0.25) is 0 Å². The summed E-state index contributed by atoms with van der Waals surface area (Å²) in [5.74, 6) is 0. The molecule has 2 aromatic heterocycles. The summed E-state index contributed by atoms with van der Waals surface area (Å²) in [6.07, 6.45) is 3.48. The normalized spacial score (nSPS) is 7.76. The summed E-state index contributed by atoms with van der Waals surface area (Å²) in [7, 11) is 0. The van der Waals surface area contributed by atoms with Crippen LogP contribution in [0.5, 0.6) is 0 Å². The molecule has 2 rings (SSSR count). The van der Waals surface area contributed by atoms with E-state index in [1.807, 2.05) is 36.4 Å². The van der Waals surface area contributed by atoms with Crippen LogP contribution in [0.3, 0.4) is 0 Å². The maximum Gasteiger partial charge on any atom is 2.00 e. The topological polar surface area (TPSA) is 210 Å². The molecular weight excluding hydrogens is 388 g/mol. The molecule has 0 aliphatic carbocycles. The fourth-order valence-corrected chi connectivity index (χ4v) is 1.04. The van der Waals surface area contributed by atoms with Gasteiger partial charge in [0.25, 0.3) is 0 Å². The van der Waals surface area contributed by atoms with Gasteiger partial charge in [0.15, 0.2) is 0 Å². The van der Waals surface area contributed by atoms with Crippen LogP contribution in [0, 0.1) is 30.6 Å². The van der Waals surface area contributed by atoms with Crippen molar-refractivity contribution in [2.45, 2.75) is 13.1 Å². The van der Waals surface area contributed by atoms with Gasteiger partial charge in [0.1, 0.15) is 0 Å². The van der Waals surface area contributed by atoms with Gasteiger partial charge in [-0.05, 0) is 24.3 Å². The van der Waals surface area contributed by atoms with Crippen LogP contribution in [0.25, 0.3) is 0 Å². The Morgan fingerprint density at radius 1 is 0.760 bits per heavy atom. The molecule has 0 fully saturated rings. The first-order valence-corrected chi connectivity index (χ1v) is 6.16. The first-order valence-electron chi connectivity index (χ1n) is 6.16. The summed E-state index contributed by atoms with van der Waals surface area (Å²) in [4.78, 5) is 24.4. The third kappa shape index (κ3) is 26.4. The Kier molecular flexibility index (Phi) is 20.7. The summed E-state index contributed by atoms with van der Waals surface area (Å²) >= 11 is 0. The van der Waals surface area contributed by atoms with Gasteiger partial charge in [-0.2, -0.15) is 0 Å². The molecule has 0 aliphatic rings. The van der Waals surface area contributed by atoms with Crippen LogP contribution < -0.4 is 11.5 Å². The first-order chi connectivity index (χ1) is 11.3. The predicted molar refractivity (Wildman–Crippen MR) is 85.0 cm³/mol. The number of nitrogens with zero attached hydrogens (tertiary/aromatic N) is 4. The maximum atomic E-state index is 8.25. The van der Waals surface area contributed by atoms with Gasteiger partial charge in [0, 0.05) is 25.5 Å². The Labute approximate surface area is 153 Å². The van der Waals surface area contributed by atoms with Gasteiger partial charge < -0.3 is 42.1 Å². The Morgan fingerprint density at radius 3 is 1.16 bits per heavy atom.